The molecule has 17 heavy (non-hydrogen) atoms. The zero-order valence-electron chi connectivity index (χ0n) is 9.96. The molecule has 0 aromatic carbocycles. The van der Waals surface area contributed by atoms with E-state index >= 15 is 0 Å². The number of amides is 1. The fourth-order valence-electron chi connectivity index (χ4n) is 1.46. The predicted molar refractivity (Wildman–Crippen MR) is 73.8 cm³/mol. The summed E-state index contributed by atoms with van der Waals surface area (Å²) in [6, 6.07) is 3.29. The monoisotopic (exact) mass is 318 g/mol. The molecule has 1 N–H and O–H groups in total. The third-order valence-electron chi connectivity index (χ3n) is 2.95. The number of carbonyl (C=O) groups is 1. The van der Waals surface area contributed by atoms with Gasteiger partial charge in [-0.3, -0.25) is 4.79 Å². The number of hydrogen-bond donors (Lipinski definition) is 1. The summed E-state index contributed by atoms with van der Waals surface area (Å²) < 4.78 is 0. The molecule has 0 bridgehead atoms. The first-order valence-electron chi connectivity index (χ1n) is 5.57. The average molecular weight is 320 g/mol. The molecular formula is C12H16BrClN2O. The second kappa shape index (κ2) is 6.36. The van der Waals surface area contributed by atoms with Crippen LogP contribution in [0.2, 0.25) is 5.02 Å². The molecule has 1 amide bonds. The third kappa shape index (κ3) is 3.68. The van der Waals surface area contributed by atoms with Crippen molar-refractivity contribution in [2.75, 3.05) is 5.33 Å². The van der Waals surface area contributed by atoms with Crippen LogP contribution in [0.3, 0.4) is 0 Å². The molecule has 0 saturated carbocycles. The van der Waals surface area contributed by atoms with E-state index in [1.165, 1.54) is 6.20 Å². The summed E-state index contributed by atoms with van der Waals surface area (Å²) in [6.07, 6.45) is 3.21. The highest BCUT2D eigenvalue weighted by molar-refractivity contribution is 9.09. The van der Waals surface area contributed by atoms with Crippen molar-refractivity contribution in [2.24, 2.45) is 0 Å². The Bertz CT molecular complexity index is 368. The fourth-order valence-corrected chi connectivity index (χ4v) is 2.51. The SMILES string of the molecule is CCC(CC)(CBr)NC(=O)c1ccc(Cl)cn1. The Labute approximate surface area is 115 Å². The lowest BCUT2D eigenvalue weighted by Crippen LogP contribution is -2.49. The molecule has 0 spiro atoms. The van der Waals surface area contributed by atoms with Crippen molar-refractivity contribution in [1.82, 2.24) is 10.3 Å². The smallest absolute Gasteiger partial charge is 0.270 e. The van der Waals surface area contributed by atoms with E-state index in [4.69, 9.17) is 11.6 Å². The number of nitrogens with one attached hydrogen (secondary N) is 1. The van der Waals surface area contributed by atoms with Gasteiger partial charge in [0, 0.05) is 17.1 Å². The maximum atomic E-state index is 12.0. The third-order valence-corrected chi connectivity index (χ3v) is 4.25. The van der Waals surface area contributed by atoms with Gasteiger partial charge in [-0.15, -0.1) is 0 Å². The van der Waals surface area contributed by atoms with Crippen molar-refractivity contribution in [2.45, 2.75) is 32.2 Å². The van der Waals surface area contributed by atoms with Crippen molar-refractivity contribution >= 4 is 33.4 Å². The number of nitrogens with zero attached hydrogens (tertiary/aromatic N) is 1. The van der Waals surface area contributed by atoms with Gasteiger partial charge in [-0.2, -0.15) is 0 Å². The number of pyridine rings is 1. The van der Waals surface area contributed by atoms with Crippen LogP contribution in [0.25, 0.3) is 0 Å². The van der Waals surface area contributed by atoms with Crippen molar-refractivity contribution < 1.29 is 4.79 Å². The first-order valence-corrected chi connectivity index (χ1v) is 7.07. The molecule has 0 aliphatic carbocycles. The summed E-state index contributed by atoms with van der Waals surface area (Å²) in [5.74, 6) is -0.162. The number of alkyl halides is 1. The van der Waals surface area contributed by atoms with Crippen molar-refractivity contribution in [3.05, 3.63) is 29.0 Å². The van der Waals surface area contributed by atoms with Crippen LogP contribution in [0.5, 0.6) is 0 Å². The zero-order valence-corrected chi connectivity index (χ0v) is 12.3. The molecule has 0 aliphatic heterocycles. The molecule has 0 atom stereocenters. The van der Waals surface area contributed by atoms with Gasteiger partial charge in [0.2, 0.25) is 0 Å². The van der Waals surface area contributed by atoms with Gasteiger partial charge in [0.25, 0.3) is 5.91 Å². The summed E-state index contributed by atoms with van der Waals surface area (Å²) in [4.78, 5) is 16.0. The van der Waals surface area contributed by atoms with E-state index in [1.54, 1.807) is 12.1 Å². The highest BCUT2D eigenvalue weighted by atomic mass is 79.9. The lowest BCUT2D eigenvalue weighted by atomic mass is 9.95. The number of rotatable bonds is 5. The van der Waals surface area contributed by atoms with Gasteiger partial charge in [0.15, 0.2) is 0 Å². The first kappa shape index (κ1) is 14.5. The van der Waals surface area contributed by atoms with Gasteiger partial charge in [-0.1, -0.05) is 41.4 Å². The summed E-state index contributed by atoms with van der Waals surface area (Å²) in [5.41, 5.74) is 0.180. The first-order chi connectivity index (χ1) is 8.06. The highest BCUT2D eigenvalue weighted by Crippen LogP contribution is 2.18. The predicted octanol–water partition coefficient (Wildman–Crippen LogP) is 3.42. The van der Waals surface area contributed by atoms with Gasteiger partial charge in [0.1, 0.15) is 5.69 Å². The maximum Gasteiger partial charge on any atom is 0.270 e. The molecule has 0 radical (unpaired) electrons. The molecule has 1 rings (SSSR count). The lowest BCUT2D eigenvalue weighted by Gasteiger charge is -2.30. The molecule has 0 aliphatic rings. The Hall–Kier alpha value is -0.610. The number of aromatic nitrogens is 1. The van der Waals surface area contributed by atoms with E-state index in [9.17, 15) is 4.79 Å². The molecule has 0 saturated heterocycles. The molecule has 0 fully saturated rings. The molecular weight excluding hydrogens is 304 g/mol. The van der Waals surface area contributed by atoms with Crippen LogP contribution in [0.15, 0.2) is 18.3 Å². The van der Waals surface area contributed by atoms with E-state index in [2.05, 4.69) is 40.1 Å². The van der Waals surface area contributed by atoms with Gasteiger partial charge >= 0.3 is 0 Å². The molecule has 3 nitrogen and oxygen atoms in total. The molecule has 0 unspecified atom stereocenters. The molecule has 5 heteroatoms. The standard InChI is InChI=1S/C12H16BrClN2O/c1-3-12(4-2,8-13)16-11(17)10-6-5-9(14)7-15-10/h5-7H,3-4,8H2,1-2H3,(H,16,17). The molecule has 1 aromatic rings. The lowest BCUT2D eigenvalue weighted by molar-refractivity contribution is 0.0898. The summed E-state index contributed by atoms with van der Waals surface area (Å²) in [6.45, 7) is 4.11. The second-order valence-electron chi connectivity index (χ2n) is 3.94. The minimum Gasteiger partial charge on any atom is -0.344 e. The number of halogens is 2. The molecule has 1 aromatic heterocycles. The largest absolute Gasteiger partial charge is 0.344 e. The normalized spacial score (nSPS) is 11.3. The highest BCUT2D eigenvalue weighted by Gasteiger charge is 2.27. The van der Waals surface area contributed by atoms with E-state index in [0.717, 1.165) is 18.2 Å². The van der Waals surface area contributed by atoms with Crippen LogP contribution in [0.1, 0.15) is 37.2 Å². The van der Waals surface area contributed by atoms with Crippen molar-refractivity contribution in [3.8, 4) is 0 Å². The van der Waals surface area contributed by atoms with E-state index < -0.39 is 0 Å². The minimum atomic E-state index is -0.210. The van der Waals surface area contributed by atoms with E-state index in [-0.39, 0.29) is 11.4 Å². The van der Waals surface area contributed by atoms with Gasteiger partial charge in [0.05, 0.1) is 5.02 Å². The quantitative estimate of drug-likeness (QED) is 0.845. The van der Waals surface area contributed by atoms with Crippen molar-refractivity contribution in [3.63, 3.8) is 0 Å². The van der Waals surface area contributed by atoms with Gasteiger partial charge in [-0.25, -0.2) is 4.98 Å². The minimum absolute atomic E-state index is 0.162. The zero-order chi connectivity index (χ0) is 12.9. The van der Waals surface area contributed by atoms with Crippen LogP contribution >= 0.6 is 27.5 Å². The number of hydrogen-bond acceptors (Lipinski definition) is 2. The molecule has 94 valence electrons. The van der Waals surface area contributed by atoms with Crippen LogP contribution in [-0.4, -0.2) is 21.8 Å². The number of carbonyl (C=O) groups excluding carboxylic acids is 1. The second-order valence-corrected chi connectivity index (χ2v) is 4.93. The fraction of sp³-hybridized carbons (Fsp3) is 0.500. The average Bonchev–Trinajstić information content (AvgIpc) is 2.37. The summed E-state index contributed by atoms with van der Waals surface area (Å²) in [5, 5.41) is 4.28. The van der Waals surface area contributed by atoms with Gasteiger partial charge in [-0.05, 0) is 25.0 Å². The Morgan fingerprint density at radius 1 is 1.47 bits per heavy atom. The van der Waals surface area contributed by atoms with Crippen LogP contribution in [0.4, 0.5) is 0 Å². The Kier molecular flexibility index (Phi) is 5.40. The topological polar surface area (TPSA) is 42.0 Å². The van der Waals surface area contributed by atoms with Crippen LogP contribution in [0, 0.1) is 0 Å². The Morgan fingerprint density at radius 3 is 2.53 bits per heavy atom. The van der Waals surface area contributed by atoms with Crippen molar-refractivity contribution in [1.29, 1.82) is 0 Å². The van der Waals surface area contributed by atoms with E-state index in [0.29, 0.717) is 10.7 Å². The Morgan fingerprint density at radius 2 is 2.12 bits per heavy atom. The van der Waals surface area contributed by atoms with Gasteiger partial charge < -0.3 is 5.32 Å². The molecule has 1 heterocycles. The summed E-state index contributed by atoms with van der Waals surface area (Å²) >= 11 is 9.18. The van der Waals surface area contributed by atoms with Crippen LogP contribution in [-0.2, 0) is 0 Å². The van der Waals surface area contributed by atoms with E-state index in [1.807, 2.05) is 0 Å². The maximum absolute atomic E-state index is 12.0. The summed E-state index contributed by atoms with van der Waals surface area (Å²) in [7, 11) is 0. The Balaban J connectivity index is 2.81. The van der Waals surface area contributed by atoms with Crippen LogP contribution < -0.4 is 5.32 Å².